The molecule has 0 radical (unpaired) electrons. The third-order valence-corrected chi connectivity index (χ3v) is 4.35. The third-order valence-electron chi connectivity index (χ3n) is 4.35. The zero-order valence-corrected chi connectivity index (χ0v) is 15.2. The second-order valence-corrected chi connectivity index (χ2v) is 6.54. The summed E-state index contributed by atoms with van der Waals surface area (Å²) in [4.78, 5) is 19.3. The van der Waals surface area contributed by atoms with Gasteiger partial charge in [-0.05, 0) is 20.8 Å². The number of aromatic nitrogens is 4. The minimum absolute atomic E-state index is 0.0798. The molecule has 0 aromatic carbocycles. The Balaban J connectivity index is 1.81. The van der Waals surface area contributed by atoms with Crippen molar-refractivity contribution in [2.24, 2.45) is 0 Å². The monoisotopic (exact) mass is 384 g/mol. The Morgan fingerprint density at radius 3 is 1.89 bits per heavy atom. The van der Waals surface area contributed by atoms with Gasteiger partial charge in [0.15, 0.2) is 11.6 Å². The van der Waals surface area contributed by atoms with Crippen LogP contribution in [0.15, 0.2) is 12.1 Å². The van der Waals surface area contributed by atoms with Gasteiger partial charge in [-0.25, -0.2) is 37.5 Å². The van der Waals surface area contributed by atoms with Gasteiger partial charge in [-0.2, -0.15) is 0 Å². The number of halogens is 4. The van der Waals surface area contributed by atoms with Crippen LogP contribution in [-0.2, 0) is 0 Å². The molecular weight excluding hydrogens is 364 g/mol. The molecule has 10 heteroatoms. The lowest BCUT2D eigenvalue weighted by molar-refractivity contribution is 0.139. The summed E-state index contributed by atoms with van der Waals surface area (Å²) in [7, 11) is 0. The molecule has 2 aromatic heterocycles. The van der Waals surface area contributed by atoms with Gasteiger partial charge < -0.3 is 9.80 Å². The molecule has 3 rings (SSSR count). The Hall–Kier alpha value is -2.52. The molecule has 0 N–H and O–H groups in total. The first-order valence-corrected chi connectivity index (χ1v) is 8.53. The molecule has 0 aliphatic carbocycles. The molecule has 1 aliphatic heterocycles. The highest BCUT2D eigenvalue weighted by Gasteiger charge is 2.27. The van der Waals surface area contributed by atoms with Crippen LogP contribution in [0.5, 0.6) is 0 Å². The highest BCUT2D eigenvalue weighted by atomic mass is 19.3. The van der Waals surface area contributed by atoms with Crippen molar-refractivity contribution in [2.45, 2.75) is 39.7 Å². The molecule has 1 atom stereocenters. The summed E-state index contributed by atoms with van der Waals surface area (Å²) in [5.74, 6) is -0.103. The molecule has 6 nitrogen and oxygen atoms in total. The standard InChI is InChI=1S/C17H20F4N6/c1-9-6-12(24-16(22-9)14(18)19)26-4-5-27(11(3)8-26)13-7-10(2)23-17(25-13)15(20)21/h6-7,11,14-15H,4-5,8H2,1-3H3/t11-/m0/s1. The van der Waals surface area contributed by atoms with E-state index in [0.717, 1.165) is 0 Å². The summed E-state index contributed by atoms with van der Waals surface area (Å²) >= 11 is 0. The molecule has 146 valence electrons. The Morgan fingerprint density at radius 1 is 0.852 bits per heavy atom. The molecule has 2 aromatic rings. The quantitative estimate of drug-likeness (QED) is 0.753. The fourth-order valence-electron chi connectivity index (χ4n) is 3.16. The second-order valence-electron chi connectivity index (χ2n) is 6.54. The zero-order valence-electron chi connectivity index (χ0n) is 15.2. The van der Waals surface area contributed by atoms with Crippen LogP contribution in [0.4, 0.5) is 29.2 Å². The van der Waals surface area contributed by atoms with Crippen LogP contribution in [0.1, 0.15) is 42.8 Å². The molecule has 1 saturated heterocycles. The molecule has 0 amide bonds. The largest absolute Gasteiger partial charge is 0.353 e. The molecule has 0 saturated carbocycles. The molecule has 1 fully saturated rings. The summed E-state index contributed by atoms with van der Waals surface area (Å²) in [6, 6.07) is 3.25. The molecule has 0 unspecified atom stereocenters. The van der Waals surface area contributed by atoms with E-state index in [1.165, 1.54) is 0 Å². The molecular formula is C17H20F4N6. The maximum atomic E-state index is 13.0. The molecule has 1 aliphatic rings. The van der Waals surface area contributed by atoms with Crippen molar-refractivity contribution in [1.29, 1.82) is 0 Å². The van der Waals surface area contributed by atoms with Crippen LogP contribution in [0.3, 0.4) is 0 Å². The zero-order chi connectivity index (χ0) is 19.7. The van der Waals surface area contributed by atoms with Crippen molar-refractivity contribution < 1.29 is 17.6 Å². The average Bonchev–Trinajstić information content (AvgIpc) is 2.60. The normalized spacial score (nSPS) is 17.9. The highest BCUT2D eigenvalue weighted by Crippen LogP contribution is 2.26. The Labute approximate surface area is 154 Å². The van der Waals surface area contributed by atoms with Gasteiger partial charge in [0.1, 0.15) is 11.6 Å². The van der Waals surface area contributed by atoms with Gasteiger partial charge >= 0.3 is 0 Å². The molecule has 27 heavy (non-hydrogen) atoms. The first-order chi connectivity index (χ1) is 12.7. The first kappa shape index (κ1) is 19.2. The van der Waals surface area contributed by atoms with Crippen LogP contribution in [0.25, 0.3) is 0 Å². The van der Waals surface area contributed by atoms with Crippen molar-refractivity contribution in [3.63, 3.8) is 0 Å². The predicted molar refractivity (Wildman–Crippen MR) is 92.5 cm³/mol. The number of rotatable bonds is 4. The Morgan fingerprint density at radius 2 is 1.37 bits per heavy atom. The summed E-state index contributed by atoms with van der Waals surface area (Å²) in [6.07, 6.45) is -5.48. The van der Waals surface area contributed by atoms with Gasteiger partial charge in [0.25, 0.3) is 12.9 Å². The maximum absolute atomic E-state index is 13.0. The van der Waals surface area contributed by atoms with Crippen LogP contribution in [0, 0.1) is 13.8 Å². The third kappa shape index (κ3) is 4.25. The fourth-order valence-corrected chi connectivity index (χ4v) is 3.16. The summed E-state index contributed by atoms with van der Waals surface area (Å²) in [5, 5.41) is 0. The van der Waals surface area contributed by atoms with Crippen molar-refractivity contribution in [2.75, 3.05) is 29.4 Å². The van der Waals surface area contributed by atoms with Crippen LogP contribution in [0.2, 0.25) is 0 Å². The summed E-state index contributed by atoms with van der Waals surface area (Å²) in [5.41, 5.74) is 0.941. The topological polar surface area (TPSA) is 58.0 Å². The van der Waals surface area contributed by atoms with Gasteiger partial charge in [0, 0.05) is 49.2 Å². The fraction of sp³-hybridized carbons (Fsp3) is 0.529. The van der Waals surface area contributed by atoms with E-state index in [0.29, 0.717) is 42.7 Å². The maximum Gasteiger partial charge on any atom is 0.297 e. The van der Waals surface area contributed by atoms with E-state index in [4.69, 9.17) is 0 Å². The lowest BCUT2D eigenvalue weighted by Crippen LogP contribution is -2.52. The van der Waals surface area contributed by atoms with Crippen molar-refractivity contribution in [1.82, 2.24) is 19.9 Å². The summed E-state index contributed by atoms with van der Waals surface area (Å²) in [6.45, 7) is 6.70. The van der Waals surface area contributed by atoms with Crippen molar-refractivity contribution in [3.05, 3.63) is 35.2 Å². The van der Waals surface area contributed by atoms with Gasteiger partial charge in [-0.15, -0.1) is 0 Å². The predicted octanol–water partition coefficient (Wildman–Crippen LogP) is 3.47. The van der Waals surface area contributed by atoms with Gasteiger partial charge in [0.2, 0.25) is 0 Å². The molecule has 3 heterocycles. The van der Waals surface area contributed by atoms with Gasteiger partial charge in [0.05, 0.1) is 0 Å². The van der Waals surface area contributed by atoms with Gasteiger partial charge in [-0.1, -0.05) is 0 Å². The first-order valence-electron chi connectivity index (χ1n) is 8.53. The average molecular weight is 384 g/mol. The van der Waals surface area contributed by atoms with Crippen LogP contribution in [-0.4, -0.2) is 45.6 Å². The van der Waals surface area contributed by atoms with E-state index >= 15 is 0 Å². The highest BCUT2D eigenvalue weighted by molar-refractivity contribution is 5.47. The number of alkyl halides is 4. The number of hydrogen-bond donors (Lipinski definition) is 0. The van der Waals surface area contributed by atoms with E-state index in [2.05, 4.69) is 19.9 Å². The number of hydrogen-bond acceptors (Lipinski definition) is 6. The van der Waals surface area contributed by atoms with Crippen LogP contribution >= 0.6 is 0 Å². The number of anilines is 2. The Kier molecular flexibility index (Phi) is 5.43. The van der Waals surface area contributed by atoms with Crippen molar-refractivity contribution >= 4 is 11.6 Å². The van der Waals surface area contributed by atoms with Crippen LogP contribution < -0.4 is 9.80 Å². The van der Waals surface area contributed by atoms with E-state index in [1.54, 1.807) is 26.0 Å². The number of piperazine rings is 1. The lowest BCUT2D eigenvalue weighted by Gasteiger charge is -2.41. The molecule has 0 bridgehead atoms. The second kappa shape index (κ2) is 7.61. The summed E-state index contributed by atoms with van der Waals surface area (Å²) < 4.78 is 51.9. The number of aryl methyl sites for hydroxylation is 2. The van der Waals surface area contributed by atoms with E-state index in [9.17, 15) is 17.6 Å². The smallest absolute Gasteiger partial charge is 0.297 e. The van der Waals surface area contributed by atoms with Gasteiger partial charge in [-0.3, -0.25) is 0 Å². The minimum atomic E-state index is -2.74. The number of nitrogens with zero attached hydrogens (tertiary/aromatic N) is 6. The van der Waals surface area contributed by atoms with E-state index < -0.39 is 24.5 Å². The Bertz CT molecular complexity index is 816. The van der Waals surface area contributed by atoms with E-state index in [1.807, 2.05) is 16.7 Å². The lowest BCUT2D eigenvalue weighted by atomic mass is 10.2. The van der Waals surface area contributed by atoms with Crippen molar-refractivity contribution in [3.8, 4) is 0 Å². The molecule has 0 spiro atoms. The minimum Gasteiger partial charge on any atom is -0.353 e. The van der Waals surface area contributed by atoms with E-state index in [-0.39, 0.29) is 6.04 Å². The SMILES string of the molecule is Cc1cc(N2CCN(c3cc(C)nc(C(F)F)n3)[C@@H](C)C2)nc(C(F)F)n1.